The molecule has 122 valence electrons. The lowest BCUT2D eigenvalue weighted by atomic mass is 9.86. The molecule has 0 bridgehead atoms. The molecule has 0 heterocycles. The summed E-state index contributed by atoms with van der Waals surface area (Å²) >= 11 is 0. The number of benzene rings is 1. The van der Waals surface area contributed by atoms with E-state index in [1.54, 1.807) is 4.90 Å². The van der Waals surface area contributed by atoms with Crippen LogP contribution in [0.2, 0.25) is 0 Å². The third-order valence-corrected chi connectivity index (χ3v) is 4.42. The van der Waals surface area contributed by atoms with Gasteiger partial charge in [0, 0.05) is 19.6 Å². The van der Waals surface area contributed by atoms with Gasteiger partial charge in [-0.15, -0.1) is 0 Å². The van der Waals surface area contributed by atoms with Crippen molar-refractivity contribution in [3.8, 4) is 5.75 Å². The fraction of sp³-hybridized carbons (Fsp3) is 0.611. The first kappa shape index (κ1) is 16.7. The molecule has 2 amide bonds. The van der Waals surface area contributed by atoms with Crippen molar-refractivity contribution in [1.82, 2.24) is 10.2 Å². The van der Waals surface area contributed by atoms with E-state index < -0.39 is 0 Å². The van der Waals surface area contributed by atoms with Gasteiger partial charge in [0.25, 0.3) is 0 Å². The number of carbonyl (C=O) groups excluding carboxylic acids is 1. The molecule has 22 heavy (non-hydrogen) atoms. The van der Waals surface area contributed by atoms with Crippen molar-refractivity contribution in [2.75, 3.05) is 13.7 Å². The smallest absolute Gasteiger partial charge is 0.317 e. The van der Waals surface area contributed by atoms with E-state index in [9.17, 15) is 4.79 Å². The minimum atomic E-state index is 0.0210. The SMILES string of the molecule is CCOc1ccc(CN(C)C(=O)N[C@H]2CCCC[C@H]2C)cc1. The van der Waals surface area contributed by atoms with E-state index in [0.29, 0.717) is 25.1 Å². The maximum absolute atomic E-state index is 12.3. The molecule has 0 radical (unpaired) electrons. The van der Waals surface area contributed by atoms with Gasteiger partial charge in [0.15, 0.2) is 0 Å². The molecule has 0 saturated heterocycles. The van der Waals surface area contributed by atoms with Gasteiger partial charge < -0.3 is 15.0 Å². The number of carbonyl (C=O) groups is 1. The van der Waals surface area contributed by atoms with Crippen LogP contribution in [-0.2, 0) is 6.54 Å². The highest BCUT2D eigenvalue weighted by Gasteiger charge is 2.23. The summed E-state index contributed by atoms with van der Waals surface area (Å²) in [7, 11) is 1.85. The predicted octanol–water partition coefficient (Wildman–Crippen LogP) is 3.81. The second kappa shape index (κ2) is 8.06. The van der Waals surface area contributed by atoms with E-state index in [0.717, 1.165) is 17.7 Å². The van der Waals surface area contributed by atoms with Crippen molar-refractivity contribution < 1.29 is 9.53 Å². The fourth-order valence-electron chi connectivity index (χ4n) is 3.00. The highest BCUT2D eigenvalue weighted by atomic mass is 16.5. The minimum absolute atomic E-state index is 0.0210. The van der Waals surface area contributed by atoms with Crippen LogP contribution in [0.3, 0.4) is 0 Å². The Bertz CT molecular complexity index is 472. The van der Waals surface area contributed by atoms with Crippen molar-refractivity contribution in [1.29, 1.82) is 0 Å². The number of amides is 2. The molecular weight excluding hydrogens is 276 g/mol. The topological polar surface area (TPSA) is 41.6 Å². The Morgan fingerprint density at radius 3 is 2.59 bits per heavy atom. The molecule has 1 aliphatic rings. The summed E-state index contributed by atoms with van der Waals surface area (Å²) in [5.74, 6) is 1.45. The lowest BCUT2D eigenvalue weighted by Gasteiger charge is -2.31. The first-order valence-corrected chi connectivity index (χ1v) is 8.33. The van der Waals surface area contributed by atoms with Gasteiger partial charge in [0.1, 0.15) is 5.75 Å². The van der Waals surface area contributed by atoms with Crippen molar-refractivity contribution in [3.63, 3.8) is 0 Å². The molecular formula is C18H28N2O2. The second-order valence-corrected chi connectivity index (χ2v) is 6.25. The molecule has 0 aromatic heterocycles. The maximum Gasteiger partial charge on any atom is 0.317 e. The Balaban J connectivity index is 1.85. The zero-order chi connectivity index (χ0) is 15.9. The highest BCUT2D eigenvalue weighted by molar-refractivity contribution is 5.74. The third-order valence-electron chi connectivity index (χ3n) is 4.42. The number of urea groups is 1. The van der Waals surface area contributed by atoms with Gasteiger partial charge in [-0.3, -0.25) is 0 Å². The van der Waals surface area contributed by atoms with Crippen LogP contribution in [0.15, 0.2) is 24.3 Å². The lowest BCUT2D eigenvalue weighted by molar-refractivity contribution is 0.190. The van der Waals surface area contributed by atoms with Crippen LogP contribution in [0.1, 0.15) is 45.1 Å². The molecule has 1 aliphatic carbocycles. The molecule has 2 atom stereocenters. The van der Waals surface area contributed by atoms with E-state index in [-0.39, 0.29) is 6.03 Å². The largest absolute Gasteiger partial charge is 0.494 e. The highest BCUT2D eigenvalue weighted by Crippen LogP contribution is 2.24. The van der Waals surface area contributed by atoms with Crippen LogP contribution in [0, 0.1) is 5.92 Å². The molecule has 0 aliphatic heterocycles. The van der Waals surface area contributed by atoms with Crippen LogP contribution in [0.25, 0.3) is 0 Å². The molecule has 0 spiro atoms. The first-order chi connectivity index (χ1) is 10.6. The molecule has 1 N–H and O–H groups in total. The minimum Gasteiger partial charge on any atom is -0.494 e. The summed E-state index contributed by atoms with van der Waals surface area (Å²) in [4.78, 5) is 14.1. The van der Waals surface area contributed by atoms with E-state index in [1.807, 2.05) is 38.2 Å². The number of ether oxygens (including phenoxy) is 1. The summed E-state index contributed by atoms with van der Waals surface area (Å²) in [6, 6.07) is 8.27. The average molecular weight is 304 g/mol. The number of nitrogens with one attached hydrogen (secondary N) is 1. The molecule has 4 nitrogen and oxygen atoms in total. The van der Waals surface area contributed by atoms with Crippen LogP contribution in [-0.4, -0.2) is 30.6 Å². The number of nitrogens with zero attached hydrogens (tertiary/aromatic N) is 1. The summed E-state index contributed by atoms with van der Waals surface area (Å²) < 4.78 is 5.43. The molecule has 2 rings (SSSR count). The van der Waals surface area contributed by atoms with E-state index in [2.05, 4.69) is 12.2 Å². The van der Waals surface area contributed by atoms with Gasteiger partial charge in [-0.1, -0.05) is 31.9 Å². The molecule has 0 unspecified atom stereocenters. The monoisotopic (exact) mass is 304 g/mol. The van der Waals surface area contributed by atoms with E-state index >= 15 is 0 Å². The molecule has 1 saturated carbocycles. The predicted molar refractivity (Wildman–Crippen MR) is 89.0 cm³/mol. The summed E-state index contributed by atoms with van der Waals surface area (Å²) in [5, 5.41) is 3.18. The molecule has 1 aromatic carbocycles. The fourth-order valence-corrected chi connectivity index (χ4v) is 3.00. The zero-order valence-corrected chi connectivity index (χ0v) is 14.0. The maximum atomic E-state index is 12.3. The van der Waals surface area contributed by atoms with Crippen LogP contribution >= 0.6 is 0 Å². The van der Waals surface area contributed by atoms with E-state index in [4.69, 9.17) is 4.74 Å². The average Bonchev–Trinajstić information content (AvgIpc) is 2.51. The van der Waals surface area contributed by atoms with Crippen LogP contribution in [0.5, 0.6) is 5.75 Å². The van der Waals surface area contributed by atoms with Gasteiger partial charge in [-0.25, -0.2) is 4.79 Å². The molecule has 1 fully saturated rings. The molecule has 1 aromatic rings. The Morgan fingerprint density at radius 1 is 1.27 bits per heavy atom. The quantitative estimate of drug-likeness (QED) is 0.899. The number of hydrogen-bond acceptors (Lipinski definition) is 2. The van der Waals surface area contributed by atoms with Gasteiger partial charge in [-0.2, -0.15) is 0 Å². The van der Waals surface area contributed by atoms with Crippen molar-refractivity contribution in [2.45, 2.75) is 52.1 Å². The Labute approximate surface area is 133 Å². The van der Waals surface area contributed by atoms with Crippen LogP contribution < -0.4 is 10.1 Å². The summed E-state index contributed by atoms with van der Waals surface area (Å²) in [6.07, 6.45) is 4.82. The summed E-state index contributed by atoms with van der Waals surface area (Å²) in [5.41, 5.74) is 1.11. The lowest BCUT2D eigenvalue weighted by Crippen LogP contribution is -2.46. The number of hydrogen-bond donors (Lipinski definition) is 1. The van der Waals surface area contributed by atoms with Gasteiger partial charge in [0.05, 0.1) is 6.61 Å². The summed E-state index contributed by atoms with van der Waals surface area (Å²) in [6.45, 7) is 5.48. The zero-order valence-electron chi connectivity index (χ0n) is 14.0. The van der Waals surface area contributed by atoms with Gasteiger partial charge in [-0.05, 0) is 43.4 Å². The van der Waals surface area contributed by atoms with Crippen LogP contribution in [0.4, 0.5) is 4.79 Å². The second-order valence-electron chi connectivity index (χ2n) is 6.25. The Kier molecular flexibility index (Phi) is 6.10. The van der Waals surface area contributed by atoms with E-state index in [1.165, 1.54) is 19.3 Å². The molecule has 4 heteroatoms. The van der Waals surface area contributed by atoms with Crippen molar-refractivity contribution in [2.24, 2.45) is 5.92 Å². The van der Waals surface area contributed by atoms with Crippen molar-refractivity contribution >= 4 is 6.03 Å². The Morgan fingerprint density at radius 2 is 1.95 bits per heavy atom. The third kappa shape index (κ3) is 4.65. The first-order valence-electron chi connectivity index (χ1n) is 8.33. The van der Waals surface area contributed by atoms with Gasteiger partial charge in [0.2, 0.25) is 0 Å². The normalized spacial score (nSPS) is 21.2. The number of rotatable bonds is 5. The Hall–Kier alpha value is -1.71. The van der Waals surface area contributed by atoms with Crippen molar-refractivity contribution in [3.05, 3.63) is 29.8 Å². The van der Waals surface area contributed by atoms with Gasteiger partial charge >= 0.3 is 6.03 Å². The standard InChI is InChI=1S/C18H28N2O2/c1-4-22-16-11-9-15(10-12-16)13-20(3)18(21)19-17-8-6-5-7-14(17)2/h9-12,14,17H,4-8,13H2,1-3H3,(H,19,21)/t14-,17+/m1/s1.